The molecule has 0 fully saturated rings. The van der Waals surface area contributed by atoms with Gasteiger partial charge in [0.15, 0.2) is 0 Å². The molecular weight excluding hydrogens is 142 g/mol. The molecule has 0 saturated heterocycles. The van der Waals surface area contributed by atoms with Crippen LogP contribution < -0.4 is 5.73 Å². The van der Waals surface area contributed by atoms with E-state index in [2.05, 4.69) is 0 Å². The Bertz CT molecular complexity index is 240. The van der Waals surface area contributed by atoms with Crippen molar-refractivity contribution in [1.29, 1.82) is 0 Å². The molecule has 0 saturated carbocycles. The topological polar surface area (TPSA) is 59.4 Å². The summed E-state index contributed by atoms with van der Waals surface area (Å²) >= 11 is 0. The van der Waals surface area contributed by atoms with Gasteiger partial charge < -0.3 is 15.3 Å². The van der Waals surface area contributed by atoms with Gasteiger partial charge in [-0.15, -0.1) is 0 Å². The maximum atomic E-state index is 8.92. The fraction of sp³-hybridized carbons (Fsp3) is 0.500. The maximum absolute atomic E-state index is 8.92. The smallest absolute Gasteiger partial charge is 0.105 e. The molecule has 1 unspecified atom stereocenters. The van der Waals surface area contributed by atoms with Crippen LogP contribution in [0.3, 0.4) is 0 Å². The Morgan fingerprint density at radius 1 is 1.73 bits per heavy atom. The molecule has 1 aromatic rings. The number of hydrogen-bond acceptors (Lipinski definition) is 3. The van der Waals surface area contributed by atoms with Crippen molar-refractivity contribution in [3.8, 4) is 0 Å². The molecule has 3 heteroatoms. The summed E-state index contributed by atoms with van der Waals surface area (Å²) in [5.74, 6) is 0.768. The van der Waals surface area contributed by atoms with E-state index in [1.165, 1.54) is 0 Å². The van der Waals surface area contributed by atoms with Crippen LogP contribution in [0.2, 0.25) is 0 Å². The highest BCUT2D eigenvalue weighted by atomic mass is 16.3. The zero-order valence-electron chi connectivity index (χ0n) is 6.79. The first-order valence-corrected chi connectivity index (χ1v) is 3.52. The molecule has 11 heavy (non-hydrogen) atoms. The van der Waals surface area contributed by atoms with Crippen molar-refractivity contribution in [2.45, 2.75) is 19.4 Å². The molecule has 1 rings (SSSR count). The molecule has 0 aliphatic heterocycles. The molecule has 0 aliphatic rings. The summed E-state index contributed by atoms with van der Waals surface area (Å²) in [6, 6.07) is 1.78. The van der Waals surface area contributed by atoms with Crippen molar-refractivity contribution in [3.63, 3.8) is 0 Å². The molecule has 1 aromatic heterocycles. The second-order valence-electron chi connectivity index (χ2n) is 2.97. The van der Waals surface area contributed by atoms with Crippen molar-refractivity contribution in [2.24, 2.45) is 5.73 Å². The first-order chi connectivity index (χ1) is 5.08. The van der Waals surface area contributed by atoms with Crippen LogP contribution >= 0.6 is 0 Å². The number of aryl methyl sites for hydroxylation is 1. The van der Waals surface area contributed by atoms with E-state index in [9.17, 15) is 0 Å². The molecule has 0 amide bonds. The summed E-state index contributed by atoms with van der Waals surface area (Å²) in [6.07, 6.45) is 1.57. The fourth-order valence-corrected chi connectivity index (χ4v) is 1.06. The second-order valence-corrected chi connectivity index (χ2v) is 2.97. The Balaban J connectivity index is 3.00. The minimum Gasteiger partial charge on any atom is -0.469 e. The van der Waals surface area contributed by atoms with Crippen LogP contribution in [0.25, 0.3) is 0 Å². The second kappa shape index (κ2) is 2.68. The first-order valence-electron chi connectivity index (χ1n) is 3.52. The highest BCUT2D eigenvalue weighted by Crippen LogP contribution is 2.21. The van der Waals surface area contributed by atoms with Gasteiger partial charge in [-0.25, -0.2) is 0 Å². The monoisotopic (exact) mass is 155 g/mol. The third-order valence-corrected chi connectivity index (χ3v) is 1.80. The van der Waals surface area contributed by atoms with Crippen molar-refractivity contribution in [2.75, 3.05) is 6.61 Å². The number of nitrogens with two attached hydrogens (primary N) is 1. The molecule has 1 atom stereocenters. The van der Waals surface area contributed by atoms with Gasteiger partial charge in [-0.05, 0) is 19.9 Å². The van der Waals surface area contributed by atoms with Crippen molar-refractivity contribution in [3.05, 3.63) is 23.7 Å². The van der Waals surface area contributed by atoms with Gasteiger partial charge in [-0.2, -0.15) is 0 Å². The molecule has 3 nitrogen and oxygen atoms in total. The summed E-state index contributed by atoms with van der Waals surface area (Å²) in [5, 5.41) is 8.92. The van der Waals surface area contributed by atoms with Gasteiger partial charge in [0.25, 0.3) is 0 Å². The van der Waals surface area contributed by atoms with E-state index in [0.717, 1.165) is 11.3 Å². The van der Waals surface area contributed by atoms with Gasteiger partial charge in [0.1, 0.15) is 5.76 Å². The SMILES string of the molecule is Cc1occc1C(C)(N)CO. The Morgan fingerprint density at radius 3 is 2.73 bits per heavy atom. The summed E-state index contributed by atoms with van der Waals surface area (Å²) in [7, 11) is 0. The molecule has 0 radical (unpaired) electrons. The molecule has 1 heterocycles. The van der Waals surface area contributed by atoms with E-state index < -0.39 is 5.54 Å². The lowest BCUT2D eigenvalue weighted by Crippen LogP contribution is -2.37. The van der Waals surface area contributed by atoms with Crippen LogP contribution in [-0.4, -0.2) is 11.7 Å². The van der Waals surface area contributed by atoms with Crippen molar-refractivity contribution in [1.82, 2.24) is 0 Å². The highest BCUT2D eigenvalue weighted by molar-refractivity contribution is 5.24. The Morgan fingerprint density at radius 2 is 2.36 bits per heavy atom. The van der Waals surface area contributed by atoms with Crippen LogP contribution in [0.15, 0.2) is 16.7 Å². The molecule has 62 valence electrons. The quantitative estimate of drug-likeness (QED) is 0.662. The number of aliphatic hydroxyl groups is 1. The van der Waals surface area contributed by atoms with E-state index >= 15 is 0 Å². The Labute approximate surface area is 65.8 Å². The van der Waals surface area contributed by atoms with E-state index in [-0.39, 0.29) is 6.61 Å². The number of furan rings is 1. The number of aliphatic hydroxyl groups excluding tert-OH is 1. The van der Waals surface area contributed by atoms with Gasteiger partial charge in [0, 0.05) is 5.56 Å². The third kappa shape index (κ3) is 1.44. The standard InChI is InChI=1S/C8H13NO2/c1-6-7(3-4-11-6)8(2,9)5-10/h3-4,10H,5,9H2,1-2H3. The molecule has 0 bridgehead atoms. The van der Waals surface area contributed by atoms with Gasteiger partial charge in [-0.1, -0.05) is 0 Å². The molecule has 0 aliphatic carbocycles. The Kier molecular flexibility index (Phi) is 2.02. The minimum absolute atomic E-state index is 0.0760. The maximum Gasteiger partial charge on any atom is 0.105 e. The first kappa shape index (κ1) is 8.30. The predicted octanol–water partition coefficient (Wildman–Crippen LogP) is 0.754. The van der Waals surface area contributed by atoms with Crippen LogP contribution in [0.1, 0.15) is 18.2 Å². The molecule has 0 aromatic carbocycles. The lowest BCUT2D eigenvalue weighted by molar-refractivity contribution is 0.208. The summed E-state index contributed by atoms with van der Waals surface area (Å²) in [6.45, 7) is 3.52. The van der Waals surface area contributed by atoms with Crippen LogP contribution in [0, 0.1) is 6.92 Å². The summed E-state index contributed by atoms with van der Waals surface area (Å²) in [4.78, 5) is 0. The van der Waals surface area contributed by atoms with Gasteiger partial charge in [-0.3, -0.25) is 0 Å². The normalized spacial score (nSPS) is 16.4. The van der Waals surface area contributed by atoms with E-state index in [1.807, 2.05) is 6.92 Å². The minimum atomic E-state index is -0.683. The molecule has 3 N–H and O–H groups in total. The summed E-state index contributed by atoms with van der Waals surface area (Å²) in [5.41, 5.74) is 5.95. The highest BCUT2D eigenvalue weighted by Gasteiger charge is 2.23. The van der Waals surface area contributed by atoms with Crippen LogP contribution in [-0.2, 0) is 5.54 Å². The lowest BCUT2D eigenvalue weighted by Gasteiger charge is -2.20. The number of rotatable bonds is 2. The average Bonchev–Trinajstić information content (AvgIpc) is 2.36. The van der Waals surface area contributed by atoms with Crippen LogP contribution in [0.4, 0.5) is 0 Å². The predicted molar refractivity (Wildman–Crippen MR) is 42.1 cm³/mol. The molecular formula is C8H13NO2. The molecule has 0 spiro atoms. The van der Waals surface area contributed by atoms with E-state index in [1.54, 1.807) is 19.3 Å². The Hall–Kier alpha value is -0.800. The van der Waals surface area contributed by atoms with Gasteiger partial charge in [0.05, 0.1) is 18.4 Å². The number of hydrogen-bond donors (Lipinski definition) is 2. The summed E-state index contributed by atoms with van der Waals surface area (Å²) < 4.78 is 5.06. The lowest BCUT2D eigenvalue weighted by atomic mass is 9.95. The zero-order valence-corrected chi connectivity index (χ0v) is 6.79. The average molecular weight is 155 g/mol. The van der Waals surface area contributed by atoms with E-state index in [4.69, 9.17) is 15.3 Å². The van der Waals surface area contributed by atoms with Gasteiger partial charge in [0.2, 0.25) is 0 Å². The third-order valence-electron chi connectivity index (χ3n) is 1.80. The van der Waals surface area contributed by atoms with Gasteiger partial charge >= 0.3 is 0 Å². The largest absolute Gasteiger partial charge is 0.469 e. The fourth-order valence-electron chi connectivity index (χ4n) is 1.06. The van der Waals surface area contributed by atoms with Crippen molar-refractivity contribution < 1.29 is 9.52 Å². The zero-order chi connectivity index (χ0) is 8.48. The van der Waals surface area contributed by atoms with Crippen molar-refractivity contribution >= 4 is 0 Å². The van der Waals surface area contributed by atoms with Crippen LogP contribution in [0.5, 0.6) is 0 Å². The van der Waals surface area contributed by atoms with E-state index in [0.29, 0.717) is 0 Å².